The number of methoxy groups -OCH3 is 1. The molecule has 0 fully saturated rings. The molecule has 0 aromatic heterocycles. The van der Waals surface area contributed by atoms with Gasteiger partial charge < -0.3 is 9.84 Å². The predicted molar refractivity (Wildman–Crippen MR) is 53.6 cm³/mol. The molecule has 0 spiro atoms. The minimum absolute atomic E-state index is 0.00517. The van der Waals surface area contributed by atoms with Crippen LogP contribution in [0.3, 0.4) is 0 Å². The minimum atomic E-state index is -0.885. The van der Waals surface area contributed by atoms with Crippen LogP contribution in [0, 0.1) is 12.7 Å². The Balaban J connectivity index is 2.88. The number of ether oxygens (including phenoxy) is 1. The number of carboxylic acid groups (broad SMARTS) is 1. The fourth-order valence-electron chi connectivity index (χ4n) is 1.46. The number of rotatable bonds is 4. The molecular formula is C11H13FO3. The summed E-state index contributed by atoms with van der Waals surface area (Å²) in [6, 6.07) is 3.06. The Labute approximate surface area is 87.5 Å². The molecular weight excluding hydrogens is 199 g/mol. The predicted octanol–water partition coefficient (Wildman–Crippen LogP) is 2.16. The molecule has 1 N–H and O–H groups in total. The largest absolute Gasteiger partial charge is 0.493 e. The maximum Gasteiger partial charge on any atom is 0.303 e. The van der Waals surface area contributed by atoms with Crippen molar-refractivity contribution in [2.75, 3.05) is 7.11 Å². The third-order valence-corrected chi connectivity index (χ3v) is 2.12. The Morgan fingerprint density at radius 3 is 2.67 bits per heavy atom. The molecule has 4 heteroatoms. The van der Waals surface area contributed by atoms with Crippen LogP contribution in [0.15, 0.2) is 12.1 Å². The van der Waals surface area contributed by atoms with Crippen LogP contribution in [-0.4, -0.2) is 18.2 Å². The van der Waals surface area contributed by atoms with Gasteiger partial charge in [-0.05, 0) is 30.5 Å². The Hall–Kier alpha value is -1.58. The van der Waals surface area contributed by atoms with E-state index in [9.17, 15) is 9.18 Å². The van der Waals surface area contributed by atoms with Crippen molar-refractivity contribution >= 4 is 5.97 Å². The third-order valence-electron chi connectivity index (χ3n) is 2.12. The SMILES string of the molecule is COc1c(C)cc(CCC(=O)O)cc1F. The van der Waals surface area contributed by atoms with Gasteiger partial charge in [0.15, 0.2) is 11.6 Å². The van der Waals surface area contributed by atoms with E-state index in [2.05, 4.69) is 0 Å². The maximum atomic E-state index is 13.4. The highest BCUT2D eigenvalue weighted by Crippen LogP contribution is 2.23. The fourth-order valence-corrected chi connectivity index (χ4v) is 1.46. The molecule has 82 valence electrons. The van der Waals surface area contributed by atoms with E-state index in [1.807, 2.05) is 0 Å². The highest BCUT2D eigenvalue weighted by atomic mass is 19.1. The van der Waals surface area contributed by atoms with Crippen molar-refractivity contribution in [3.8, 4) is 5.75 Å². The summed E-state index contributed by atoms with van der Waals surface area (Å²) in [6.45, 7) is 1.73. The Morgan fingerprint density at radius 2 is 2.20 bits per heavy atom. The minimum Gasteiger partial charge on any atom is -0.493 e. The van der Waals surface area contributed by atoms with Gasteiger partial charge in [0.2, 0.25) is 0 Å². The van der Waals surface area contributed by atoms with Gasteiger partial charge in [-0.15, -0.1) is 0 Å². The van der Waals surface area contributed by atoms with E-state index in [0.29, 0.717) is 17.5 Å². The number of hydrogen-bond acceptors (Lipinski definition) is 2. The molecule has 0 aliphatic heterocycles. The van der Waals surface area contributed by atoms with Crippen LogP contribution in [-0.2, 0) is 11.2 Å². The monoisotopic (exact) mass is 212 g/mol. The smallest absolute Gasteiger partial charge is 0.303 e. The molecule has 0 saturated heterocycles. The normalized spacial score (nSPS) is 10.1. The molecule has 0 radical (unpaired) electrons. The van der Waals surface area contributed by atoms with Crippen LogP contribution in [0.4, 0.5) is 4.39 Å². The highest BCUT2D eigenvalue weighted by molar-refractivity contribution is 5.67. The number of carboxylic acids is 1. The first kappa shape index (κ1) is 11.5. The summed E-state index contributed by atoms with van der Waals surface area (Å²) >= 11 is 0. The second-order valence-electron chi connectivity index (χ2n) is 3.32. The first-order valence-corrected chi connectivity index (χ1v) is 4.59. The van der Waals surface area contributed by atoms with Gasteiger partial charge in [0.05, 0.1) is 7.11 Å². The van der Waals surface area contributed by atoms with Gasteiger partial charge in [0.1, 0.15) is 0 Å². The molecule has 3 nitrogen and oxygen atoms in total. The van der Waals surface area contributed by atoms with Crippen molar-refractivity contribution in [3.63, 3.8) is 0 Å². The average molecular weight is 212 g/mol. The number of carbonyl (C=O) groups is 1. The van der Waals surface area contributed by atoms with Gasteiger partial charge in [-0.25, -0.2) is 4.39 Å². The zero-order valence-corrected chi connectivity index (χ0v) is 8.71. The van der Waals surface area contributed by atoms with E-state index in [4.69, 9.17) is 9.84 Å². The first-order chi connectivity index (χ1) is 7.04. The number of halogens is 1. The summed E-state index contributed by atoms with van der Waals surface area (Å²) in [5, 5.41) is 8.50. The zero-order chi connectivity index (χ0) is 11.4. The lowest BCUT2D eigenvalue weighted by Crippen LogP contribution is -1.99. The van der Waals surface area contributed by atoms with Gasteiger partial charge >= 0.3 is 5.97 Å². The summed E-state index contributed by atoms with van der Waals surface area (Å²) in [7, 11) is 1.41. The lowest BCUT2D eigenvalue weighted by Gasteiger charge is -2.08. The molecule has 0 atom stereocenters. The second-order valence-corrected chi connectivity index (χ2v) is 3.32. The molecule has 0 bridgehead atoms. The van der Waals surface area contributed by atoms with Crippen LogP contribution < -0.4 is 4.74 Å². The van der Waals surface area contributed by atoms with Gasteiger partial charge in [-0.2, -0.15) is 0 Å². The standard InChI is InChI=1S/C11H13FO3/c1-7-5-8(3-4-10(13)14)6-9(12)11(7)15-2/h5-6H,3-4H2,1-2H3,(H,13,14). The van der Waals surface area contributed by atoms with Crippen LogP contribution in [0.5, 0.6) is 5.75 Å². The van der Waals surface area contributed by atoms with E-state index in [0.717, 1.165) is 0 Å². The van der Waals surface area contributed by atoms with E-state index >= 15 is 0 Å². The van der Waals surface area contributed by atoms with Crippen molar-refractivity contribution in [3.05, 3.63) is 29.1 Å². The third kappa shape index (κ3) is 2.94. The van der Waals surface area contributed by atoms with Crippen molar-refractivity contribution in [2.24, 2.45) is 0 Å². The van der Waals surface area contributed by atoms with Crippen LogP contribution in [0.2, 0.25) is 0 Å². The summed E-state index contributed by atoms with van der Waals surface area (Å²) in [4.78, 5) is 10.3. The Morgan fingerprint density at radius 1 is 1.53 bits per heavy atom. The van der Waals surface area contributed by atoms with Gasteiger partial charge in [0, 0.05) is 6.42 Å². The Bertz CT molecular complexity index is 351. The molecule has 15 heavy (non-hydrogen) atoms. The summed E-state index contributed by atoms with van der Waals surface area (Å²) in [5.74, 6) is -1.11. The molecule has 1 aromatic rings. The number of aryl methyl sites for hydroxylation is 2. The van der Waals surface area contributed by atoms with E-state index in [1.54, 1.807) is 13.0 Å². The molecule has 0 unspecified atom stereocenters. The summed E-state index contributed by atoms with van der Waals surface area (Å²) in [6.07, 6.45) is 0.336. The number of hydrogen-bond donors (Lipinski definition) is 1. The Kier molecular flexibility index (Phi) is 3.66. The van der Waals surface area contributed by atoms with E-state index in [1.165, 1.54) is 13.2 Å². The van der Waals surface area contributed by atoms with Gasteiger partial charge in [0.25, 0.3) is 0 Å². The van der Waals surface area contributed by atoms with Crippen molar-refractivity contribution in [1.82, 2.24) is 0 Å². The van der Waals surface area contributed by atoms with Crippen molar-refractivity contribution < 1.29 is 19.0 Å². The highest BCUT2D eigenvalue weighted by Gasteiger charge is 2.09. The first-order valence-electron chi connectivity index (χ1n) is 4.59. The topological polar surface area (TPSA) is 46.5 Å². The molecule has 0 aliphatic carbocycles. The van der Waals surface area contributed by atoms with Gasteiger partial charge in [-0.1, -0.05) is 6.07 Å². The molecule has 0 saturated carbocycles. The average Bonchev–Trinajstić information content (AvgIpc) is 2.14. The second kappa shape index (κ2) is 4.77. The van der Waals surface area contributed by atoms with Crippen molar-refractivity contribution in [1.29, 1.82) is 0 Å². The maximum absolute atomic E-state index is 13.4. The zero-order valence-electron chi connectivity index (χ0n) is 8.71. The molecule has 0 aliphatic rings. The molecule has 0 heterocycles. The van der Waals surface area contributed by atoms with E-state index < -0.39 is 11.8 Å². The van der Waals surface area contributed by atoms with Gasteiger partial charge in [-0.3, -0.25) is 4.79 Å². The lowest BCUT2D eigenvalue weighted by atomic mass is 10.1. The van der Waals surface area contributed by atoms with E-state index in [-0.39, 0.29) is 12.2 Å². The summed E-state index contributed by atoms with van der Waals surface area (Å²) < 4.78 is 18.2. The summed E-state index contributed by atoms with van der Waals surface area (Å²) in [5.41, 5.74) is 1.35. The van der Waals surface area contributed by atoms with Crippen LogP contribution >= 0.6 is 0 Å². The fraction of sp³-hybridized carbons (Fsp3) is 0.364. The molecule has 1 rings (SSSR count). The van der Waals surface area contributed by atoms with Crippen LogP contribution in [0.25, 0.3) is 0 Å². The lowest BCUT2D eigenvalue weighted by molar-refractivity contribution is -0.136. The molecule has 1 aromatic carbocycles. The molecule has 0 amide bonds. The van der Waals surface area contributed by atoms with Crippen molar-refractivity contribution in [2.45, 2.75) is 19.8 Å². The number of benzene rings is 1. The number of aliphatic carboxylic acids is 1. The van der Waals surface area contributed by atoms with Crippen LogP contribution in [0.1, 0.15) is 17.5 Å². The quantitative estimate of drug-likeness (QED) is 0.831.